The number of aromatic amines is 1. The quantitative estimate of drug-likeness (QED) is 0.332. The molecule has 1 aliphatic rings. The first-order valence-electron chi connectivity index (χ1n) is 11.0. The second-order valence-electron chi connectivity index (χ2n) is 8.22. The summed E-state index contributed by atoms with van der Waals surface area (Å²) in [6, 6.07) is 16.6. The Morgan fingerprint density at radius 1 is 1.03 bits per heavy atom. The summed E-state index contributed by atoms with van der Waals surface area (Å²) in [5, 5.41) is 7.91. The van der Waals surface area contributed by atoms with E-state index in [1.165, 1.54) is 6.42 Å². The molecule has 0 unspecified atom stereocenters. The van der Waals surface area contributed by atoms with E-state index < -0.39 is 0 Å². The number of nitrogens with zero attached hydrogens (tertiary/aromatic N) is 4. The highest BCUT2D eigenvalue weighted by atomic mass is 16.5. The molecule has 0 atom stereocenters. The average molecular weight is 438 g/mol. The second-order valence-corrected chi connectivity index (χ2v) is 8.22. The number of aromatic nitrogens is 5. The van der Waals surface area contributed by atoms with Crippen LogP contribution in [0.2, 0.25) is 0 Å². The summed E-state index contributed by atoms with van der Waals surface area (Å²) < 4.78 is 5.41. The molecule has 0 amide bonds. The summed E-state index contributed by atoms with van der Waals surface area (Å²) >= 11 is 0. The van der Waals surface area contributed by atoms with Crippen LogP contribution in [0, 0.1) is 0 Å². The van der Waals surface area contributed by atoms with Crippen LogP contribution in [0.25, 0.3) is 33.2 Å². The van der Waals surface area contributed by atoms with Crippen LogP contribution in [0.3, 0.4) is 0 Å². The molecule has 0 bridgehead atoms. The SMILES string of the molecule is COc1cccc(-c2ccnc3ccc(Nc4nc(NC5CCC5)c5nc[nH]c5n4)cc23)c1. The van der Waals surface area contributed by atoms with Crippen LogP contribution in [0.5, 0.6) is 5.75 Å². The highest BCUT2D eigenvalue weighted by Crippen LogP contribution is 2.32. The fourth-order valence-electron chi connectivity index (χ4n) is 4.13. The van der Waals surface area contributed by atoms with Crippen molar-refractivity contribution in [1.29, 1.82) is 0 Å². The van der Waals surface area contributed by atoms with Crippen LogP contribution in [-0.4, -0.2) is 38.1 Å². The number of ether oxygens (including phenoxy) is 1. The fraction of sp³-hybridized carbons (Fsp3) is 0.200. The first kappa shape index (κ1) is 19.5. The van der Waals surface area contributed by atoms with Gasteiger partial charge < -0.3 is 20.4 Å². The molecule has 33 heavy (non-hydrogen) atoms. The van der Waals surface area contributed by atoms with E-state index in [0.717, 1.165) is 57.6 Å². The summed E-state index contributed by atoms with van der Waals surface area (Å²) in [6.45, 7) is 0. The van der Waals surface area contributed by atoms with Crippen molar-refractivity contribution in [2.24, 2.45) is 0 Å². The normalized spacial score (nSPS) is 13.7. The Morgan fingerprint density at radius 3 is 2.82 bits per heavy atom. The molecule has 0 aliphatic heterocycles. The number of H-pyrrole nitrogens is 1. The highest BCUT2D eigenvalue weighted by molar-refractivity contribution is 5.96. The van der Waals surface area contributed by atoms with Gasteiger partial charge in [0.15, 0.2) is 11.5 Å². The maximum Gasteiger partial charge on any atom is 0.231 e. The third kappa shape index (κ3) is 3.69. The predicted molar refractivity (Wildman–Crippen MR) is 130 cm³/mol. The predicted octanol–water partition coefficient (Wildman–Crippen LogP) is 5.28. The van der Waals surface area contributed by atoms with Crippen molar-refractivity contribution in [3.63, 3.8) is 0 Å². The van der Waals surface area contributed by atoms with Crippen molar-refractivity contribution in [2.75, 3.05) is 17.7 Å². The second kappa shape index (κ2) is 8.05. The number of hydrogen-bond acceptors (Lipinski definition) is 7. The van der Waals surface area contributed by atoms with Crippen molar-refractivity contribution < 1.29 is 4.74 Å². The van der Waals surface area contributed by atoms with Gasteiger partial charge in [0.1, 0.15) is 11.3 Å². The van der Waals surface area contributed by atoms with Gasteiger partial charge in [0.05, 0.1) is 19.0 Å². The third-order valence-corrected chi connectivity index (χ3v) is 6.10. The number of pyridine rings is 1. The molecular weight excluding hydrogens is 414 g/mol. The van der Waals surface area contributed by atoms with E-state index in [1.807, 2.05) is 42.6 Å². The number of fused-ring (bicyclic) bond motifs is 2. The van der Waals surface area contributed by atoms with Gasteiger partial charge in [0.2, 0.25) is 5.95 Å². The minimum Gasteiger partial charge on any atom is -0.497 e. The highest BCUT2D eigenvalue weighted by Gasteiger charge is 2.20. The Bertz CT molecular complexity index is 1460. The van der Waals surface area contributed by atoms with Gasteiger partial charge in [0.25, 0.3) is 0 Å². The smallest absolute Gasteiger partial charge is 0.231 e. The van der Waals surface area contributed by atoms with E-state index in [0.29, 0.717) is 17.6 Å². The van der Waals surface area contributed by atoms with Crippen LogP contribution in [0.15, 0.2) is 61.1 Å². The van der Waals surface area contributed by atoms with Gasteiger partial charge in [-0.05, 0) is 66.8 Å². The average Bonchev–Trinajstić information content (AvgIpc) is 3.30. The minimum atomic E-state index is 0.449. The summed E-state index contributed by atoms with van der Waals surface area (Å²) in [4.78, 5) is 21.4. The van der Waals surface area contributed by atoms with Crippen LogP contribution >= 0.6 is 0 Å². The zero-order chi connectivity index (χ0) is 22.2. The van der Waals surface area contributed by atoms with Crippen LogP contribution in [0.1, 0.15) is 19.3 Å². The van der Waals surface area contributed by atoms with E-state index in [4.69, 9.17) is 9.72 Å². The zero-order valence-electron chi connectivity index (χ0n) is 18.2. The molecule has 8 nitrogen and oxygen atoms in total. The number of methoxy groups -OCH3 is 1. The molecule has 6 rings (SSSR count). The number of benzene rings is 2. The third-order valence-electron chi connectivity index (χ3n) is 6.10. The maximum atomic E-state index is 5.41. The van der Waals surface area contributed by atoms with Gasteiger partial charge >= 0.3 is 0 Å². The molecule has 8 heteroatoms. The first-order chi connectivity index (χ1) is 16.3. The molecule has 1 fully saturated rings. The molecule has 0 spiro atoms. The van der Waals surface area contributed by atoms with Crippen LogP contribution < -0.4 is 15.4 Å². The Kier molecular flexibility index (Phi) is 4.75. The monoisotopic (exact) mass is 437 g/mol. The van der Waals surface area contributed by atoms with Gasteiger partial charge in [-0.2, -0.15) is 9.97 Å². The lowest BCUT2D eigenvalue weighted by atomic mass is 9.93. The molecule has 164 valence electrons. The van der Waals surface area contributed by atoms with Crippen molar-refractivity contribution in [1.82, 2.24) is 24.9 Å². The van der Waals surface area contributed by atoms with E-state index in [9.17, 15) is 0 Å². The Labute approximate surface area is 190 Å². The van der Waals surface area contributed by atoms with Gasteiger partial charge in [-0.1, -0.05) is 12.1 Å². The van der Waals surface area contributed by atoms with Gasteiger partial charge in [-0.15, -0.1) is 0 Å². The van der Waals surface area contributed by atoms with Gasteiger partial charge in [-0.25, -0.2) is 4.98 Å². The topological polar surface area (TPSA) is 101 Å². The van der Waals surface area contributed by atoms with Crippen molar-refractivity contribution in [3.05, 3.63) is 61.1 Å². The fourth-order valence-corrected chi connectivity index (χ4v) is 4.13. The Hall–Kier alpha value is -4.20. The lowest BCUT2D eigenvalue weighted by Gasteiger charge is -2.27. The summed E-state index contributed by atoms with van der Waals surface area (Å²) in [6.07, 6.45) is 7.04. The molecule has 3 N–H and O–H groups in total. The lowest BCUT2D eigenvalue weighted by molar-refractivity contribution is 0.415. The largest absolute Gasteiger partial charge is 0.497 e. The maximum absolute atomic E-state index is 5.41. The zero-order valence-corrected chi connectivity index (χ0v) is 18.2. The number of anilines is 3. The first-order valence-corrected chi connectivity index (χ1v) is 11.0. The summed E-state index contributed by atoms with van der Waals surface area (Å²) in [5.74, 6) is 2.09. The minimum absolute atomic E-state index is 0.449. The molecule has 1 saturated carbocycles. The molecule has 5 aromatic rings. The van der Waals surface area contributed by atoms with E-state index >= 15 is 0 Å². The molecule has 3 heterocycles. The van der Waals surface area contributed by atoms with Crippen molar-refractivity contribution >= 4 is 39.5 Å². The molecule has 3 aromatic heterocycles. The standard InChI is InChI=1S/C25H23N7O/c1-33-18-7-2-4-15(12-18)19-10-11-26-21-9-8-17(13-20(19)21)30-25-31-23-22(27-14-28-23)24(32-25)29-16-5-3-6-16/h2,4,7-14,16H,3,5-6H2,1H3,(H3,27,28,29,30,31,32). The number of rotatable bonds is 6. The Morgan fingerprint density at radius 2 is 1.97 bits per heavy atom. The molecular formula is C25H23N7O. The summed E-state index contributed by atoms with van der Waals surface area (Å²) in [5.41, 5.74) is 5.41. The molecule has 0 radical (unpaired) electrons. The lowest BCUT2D eigenvalue weighted by Crippen LogP contribution is -2.27. The molecule has 0 saturated heterocycles. The van der Waals surface area contributed by atoms with Crippen molar-refractivity contribution in [3.8, 4) is 16.9 Å². The Balaban J connectivity index is 1.38. The molecule has 1 aliphatic carbocycles. The van der Waals surface area contributed by atoms with Crippen LogP contribution in [0.4, 0.5) is 17.5 Å². The van der Waals surface area contributed by atoms with E-state index in [2.05, 4.69) is 42.7 Å². The van der Waals surface area contributed by atoms with E-state index in [-0.39, 0.29) is 0 Å². The van der Waals surface area contributed by atoms with Crippen molar-refractivity contribution in [2.45, 2.75) is 25.3 Å². The molecule has 2 aromatic carbocycles. The van der Waals surface area contributed by atoms with Gasteiger partial charge in [0, 0.05) is 23.3 Å². The van der Waals surface area contributed by atoms with Crippen LogP contribution in [-0.2, 0) is 0 Å². The van der Waals surface area contributed by atoms with E-state index in [1.54, 1.807) is 13.4 Å². The summed E-state index contributed by atoms with van der Waals surface area (Å²) in [7, 11) is 1.68. The number of imidazole rings is 1. The van der Waals surface area contributed by atoms with Gasteiger partial charge in [-0.3, -0.25) is 4.98 Å². The number of nitrogens with one attached hydrogen (secondary N) is 3. The number of hydrogen-bond donors (Lipinski definition) is 3.